The van der Waals surface area contributed by atoms with Gasteiger partial charge >= 0.3 is 6.03 Å². The van der Waals surface area contributed by atoms with E-state index in [2.05, 4.69) is 32.5 Å². The van der Waals surface area contributed by atoms with Gasteiger partial charge in [-0.3, -0.25) is 5.32 Å². The Labute approximate surface area is 150 Å². The molecule has 1 atom stereocenters. The number of aromatic nitrogens is 1. The van der Waals surface area contributed by atoms with Crippen molar-refractivity contribution in [3.8, 4) is 18.4 Å². The number of amides is 2. The van der Waals surface area contributed by atoms with Gasteiger partial charge in [-0.05, 0) is 36.5 Å². The standard InChI is InChI=1S/C18H17N5OS/c1-2-17-21-16(12-25-17)22-18(24)20-11-13-5-7-14(8-6-13)23-9-3-4-15(23)10-19/h1,5-8,12,15H,3-4,9,11H2,(H2,20,22,24). The van der Waals surface area contributed by atoms with E-state index in [9.17, 15) is 10.1 Å². The monoisotopic (exact) mass is 351 g/mol. The van der Waals surface area contributed by atoms with Gasteiger partial charge in [0.25, 0.3) is 0 Å². The number of hydrogen-bond donors (Lipinski definition) is 2. The molecule has 2 amide bonds. The Morgan fingerprint density at radius 2 is 2.24 bits per heavy atom. The third kappa shape index (κ3) is 4.09. The molecule has 7 heteroatoms. The largest absolute Gasteiger partial charge is 0.356 e. The molecule has 3 rings (SSSR count). The van der Waals surface area contributed by atoms with E-state index < -0.39 is 0 Å². The van der Waals surface area contributed by atoms with Crippen LogP contribution < -0.4 is 15.5 Å². The summed E-state index contributed by atoms with van der Waals surface area (Å²) in [5.74, 6) is 2.87. The summed E-state index contributed by atoms with van der Waals surface area (Å²) in [5, 5.41) is 16.8. The van der Waals surface area contributed by atoms with Crippen molar-refractivity contribution >= 4 is 28.9 Å². The molecule has 1 aromatic carbocycles. The van der Waals surface area contributed by atoms with E-state index in [1.165, 1.54) is 11.3 Å². The molecule has 0 saturated carbocycles. The van der Waals surface area contributed by atoms with Gasteiger partial charge in [-0.25, -0.2) is 9.78 Å². The SMILES string of the molecule is C#Cc1nc(NC(=O)NCc2ccc(N3CCCC3C#N)cc2)cs1. The average Bonchev–Trinajstić information content (AvgIpc) is 3.29. The number of thiazole rings is 1. The molecule has 2 aromatic rings. The highest BCUT2D eigenvalue weighted by molar-refractivity contribution is 7.10. The minimum atomic E-state index is -0.331. The molecule has 0 aliphatic carbocycles. The summed E-state index contributed by atoms with van der Waals surface area (Å²) >= 11 is 1.30. The molecule has 2 heterocycles. The summed E-state index contributed by atoms with van der Waals surface area (Å²) < 4.78 is 0. The van der Waals surface area contributed by atoms with Crippen molar-refractivity contribution in [2.75, 3.05) is 16.8 Å². The quantitative estimate of drug-likeness (QED) is 0.830. The lowest BCUT2D eigenvalue weighted by Gasteiger charge is -2.22. The molecule has 6 nitrogen and oxygen atoms in total. The Morgan fingerprint density at radius 1 is 1.44 bits per heavy atom. The summed E-state index contributed by atoms with van der Waals surface area (Å²) in [7, 11) is 0. The number of carbonyl (C=O) groups excluding carboxylic acids is 1. The molecule has 1 saturated heterocycles. The molecule has 1 aromatic heterocycles. The molecule has 0 bridgehead atoms. The van der Waals surface area contributed by atoms with Gasteiger partial charge in [0, 0.05) is 24.2 Å². The van der Waals surface area contributed by atoms with Gasteiger partial charge in [-0.15, -0.1) is 17.8 Å². The van der Waals surface area contributed by atoms with Crippen LogP contribution in [0.15, 0.2) is 29.6 Å². The third-order valence-electron chi connectivity index (χ3n) is 3.99. The zero-order chi connectivity index (χ0) is 17.6. The Morgan fingerprint density at radius 3 is 2.92 bits per heavy atom. The number of urea groups is 1. The summed E-state index contributed by atoms with van der Waals surface area (Å²) in [6.45, 7) is 1.31. The second-order valence-corrected chi connectivity index (χ2v) is 6.49. The first-order valence-corrected chi connectivity index (χ1v) is 8.80. The molecule has 25 heavy (non-hydrogen) atoms. The lowest BCUT2D eigenvalue weighted by Crippen LogP contribution is -2.29. The fourth-order valence-electron chi connectivity index (χ4n) is 2.76. The molecule has 0 spiro atoms. The fourth-order valence-corrected chi connectivity index (χ4v) is 3.31. The highest BCUT2D eigenvalue weighted by Crippen LogP contribution is 2.25. The van der Waals surface area contributed by atoms with Crippen LogP contribution in [-0.2, 0) is 6.54 Å². The number of terminal acetylenes is 1. The minimum Gasteiger partial charge on any atom is -0.356 e. The van der Waals surface area contributed by atoms with Crippen LogP contribution >= 0.6 is 11.3 Å². The highest BCUT2D eigenvalue weighted by Gasteiger charge is 2.24. The molecule has 0 radical (unpaired) electrons. The van der Waals surface area contributed by atoms with Gasteiger partial charge < -0.3 is 10.2 Å². The Hall–Kier alpha value is -3.03. The van der Waals surface area contributed by atoms with Crippen LogP contribution in [0.25, 0.3) is 0 Å². The maximum atomic E-state index is 11.9. The predicted molar refractivity (Wildman–Crippen MR) is 98.3 cm³/mol. The summed E-state index contributed by atoms with van der Waals surface area (Å²) in [4.78, 5) is 18.1. The molecule has 126 valence electrons. The topological polar surface area (TPSA) is 81.1 Å². The number of benzene rings is 1. The van der Waals surface area contributed by atoms with E-state index in [1.807, 2.05) is 24.3 Å². The second kappa shape index (κ2) is 7.69. The van der Waals surface area contributed by atoms with Crippen LogP contribution in [0.4, 0.5) is 16.3 Å². The van der Waals surface area contributed by atoms with Crippen LogP contribution in [0, 0.1) is 23.7 Å². The van der Waals surface area contributed by atoms with Gasteiger partial charge in [-0.2, -0.15) is 5.26 Å². The van der Waals surface area contributed by atoms with Crippen LogP contribution in [0.2, 0.25) is 0 Å². The second-order valence-electron chi connectivity index (χ2n) is 5.64. The number of hydrogen-bond acceptors (Lipinski definition) is 5. The summed E-state index contributed by atoms with van der Waals surface area (Å²) in [6, 6.07) is 9.87. The van der Waals surface area contributed by atoms with E-state index in [0.29, 0.717) is 17.4 Å². The van der Waals surface area contributed by atoms with E-state index in [0.717, 1.165) is 30.6 Å². The average molecular weight is 351 g/mol. The summed E-state index contributed by atoms with van der Waals surface area (Å²) in [6.07, 6.45) is 7.21. The van der Waals surface area contributed by atoms with Gasteiger partial charge in [-0.1, -0.05) is 12.1 Å². The Balaban J connectivity index is 1.52. The van der Waals surface area contributed by atoms with Crippen molar-refractivity contribution in [3.05, 3.63) is 40.2 Å². The van der Waals surface area contributed by atoms with Crippen molar-refractivity contribution in [1.82, 2.24) is 10.3 Å². The number of anilines is 2. The van der Waals surface area contributed by atoms with Crippen molar-refractivity contribution in [1.29, 1.82) is 5.26 Å². The smallest absolute Gasteiger partial charge is 0.320 e. The fraction of sp³-hybridized carbons (Fsp3) is 0.278. The molecular weight excluding hydrogens is 334 g/mol. The van der Waals surface area contributed by atoms with Gasteiger partial charge in [0.2, 0.25) is 0 Å². The first-order chi connectivity index (χ1) is 12.2. The Bertz CT molecular complexity index is 830. The molecule has 2 N–H and O–H groups in total. The van der Waals surface area contributed by atoms with Crippen LogP contribution in [-0.4, -0.2) is 23.6 Å². The predicted octanol–water partition coefficient (Wildman–Crippen LogP) is 2.94. The zero-order valence-electron chi connectivity index (χ0n) is 13.5. The zero-order valence-corrected chi connectivity index (χ0v) is 14.3. The first-order valence-electron chi connectivity index (χ1n) is 7.92. The van der Waals surface area contributed by atoms with E-state index >= 15 is 0 Å². The van der Waals surface area contributed by atoms with E-state index in [4.69, 9.17) is 6.42 Å². The van der Waals surface area contributed by atoms with Gasteiger partial charge in [0.05, 0.1) is 6.07 Å². The molecule has 1 fully saturated rings. The van der Waals surface area contributed by atoms with E-state index in [-0.39, 0.29) is 12.1 Å². The number of rotatable bonds is 4. The van der Waals surface area contributed by atoms with Crippen LogP contribution in [0.3, 0.4) is 0 Å². The molecule has 1 aliphatic rings. The molecular formula is C18H17N5OS. The maximum Gasteiger partial charge on any atom is 0.320 e. The van der Waals surface area contributed by atoms with Gasteiger partial charge in [0.15, 0.2) is 5.01 Å². The minimum absolute atomic E-state index is 0.0410. The first kappa shape index (κ1) is 16.8. The number of nitrogens with zero attached hydrogens (tertiary/aromatic N) is 3. The van der Waals surface area contributed by atoms with Crippen molar-refractivity contribution in [2.45, 2.75) is 25.4 Å². The highest BCUT2D eigenvalue weighted by atomic mass is 32.1. The summed E-state index contributed by atoms with van der Waals surface area (Å²) in [5.41, 5.74) is 2.02. The number of carbonyl (C=O) groups is 1. The van der Waals surface area contributed by atoms with Crippen molar-refractivity contribution < 1.29 is 4.79 Å². The lowest BCUT2D eigenvalue weighted by atomic mass is 10.2. The van der Waals surface area contributed by atoms with Crippen molar-refractivity contribution in [3.63, 3.8) is 0 Å². The number of nitrogens with one attached hydrogen (secondary N) is 2. The molecule has 1 unspecified atom stereocenters. The van der Waals surface area contributed by atoms with E-state index in [1.54, 1.807) is 5.38 Å². The van der Waals surface area contributed by atoms with Crippen molar-refractivity contribution in [2.24, 2.45) is 0 Å². The lowest BCUT2D eigenvalue weighted by molar-refractivity contribution is 0.251. The number of nitriles is 1. The normalized spacial score (nSPS) is 16.1. The van der Waals surface area contributed by atoms with Crippen LogP contribution in [0.1, 0.15) is 23.4 Å². The van der Waals surface area contributed by atoms with Gasteiger partial charge in [0.1, 0.15) is 11.9 Å². The Kier molecular flexibility index (Phi) is 5.17. The molecule has 1 aliphatic heterocycles. The third-order valence-corrected chi connectivity index (χ3v) is 4.77. The van der Waals surface area contributed by atoms with Crippen LogP contribution in [0.5, 0.6) is 0 Å². The maximum absolute atomic E-state index is 11.9.